The van der Waals surface area contributed by atoms with E-state index in [1.165, 1.54) is 7.11 Å². The Labute approximate surface area is 264 Å². The predicted molar refractivity (Wildman–Crippen MR) is 168 cm³/mol. The summed E-state index contributed by atoms with van der Waals surface area (Å²) in [6, 6.07) is 7.75. The summed E-state index contributed by atoms with van der Waals surface area (Å²) >= 11 is 0. The molecule has 8 atom stereocenters. The molecule has 1 aromatic heterocycles. The summed E-state index contributed by atoms with van der Waals surface area (Å²) in [5, 5.41) is 64.5. The van der Waals surface area contributed by atoms with Gasteiger partial charge >= 0.3 is 0 Å². The maximum absolute atomic E-state index is 11.4. The third-order valence-electron chi connectivity index (χ3n) is 10.9. The van der Waals surface area contributed by atoms with Crippen molar-refractivity contribution in [2.75, 3.05) is 13.7 Å². The number of aromatic nitrogens is 1. The Hall–Kier alpha value is -3.24. The second kappa shape index (κ2) is 13.2. The topological polar surface area (TPSA) is 154 Å². The molecule has 1 saturated heterocycles. The molecule has 0 radical (unpaired) electrons. The lowest BCUT2D eigenvalue weighted by Crippen LogP contribution is -2.44. The average Bonchev–Trinajstić information content (AvgIpc) is 3.56. The van der Waals surface area contributed by atoms with Crippen molar-refractivity contribution >= 4 is 0 Å². The molecule has 6 N–H and O–H groups in total. The van der Waals surface area contributed by atoms with E-state index in [9.17, 15) is 30.6 Å². The highest BCUT2D eigenvalue weighted by atomic mass is 16.5. The Morgan fingerprint density at radius 1 is 0.956 bits per heavy atom. The van der Waals surface area contributed by atoms with Gasteiger partial charge in [-0.2, -0.15) is 12.4 Å². The standard InChI is InChI=1S/C36H46NO8/c1-19-3-4-23(17-38)25(11-19)26-13-21(6-8-29(26)40)22-5-7-24-30(41)15-32(45-31(24)14-22)33-27(12-20-9-10-37-16-20)36(44-2)35(43)34(42)28(33)18-39/h6,8-10,13,16,19,22-25,30-32,38-43H,3-5,7,11-12,14-15,17-18H2,1-2H3/q-1. The molecule has 3 aromatic rings. The molecule has 2 saturated carbocycles. The third-order valence-corrected chi connectivity index (χ3v) is 10.9. The molecule has 9 nitrogen and oxygen atoms in total. The van der Waals surface area contributed by atoms with Crippen LogP contribution in [0.2, 0.25) is 0 Å². The monoisotopic (exact) mass is 620 g/mol. The van der Waals surface area contributed by atoms with E-state index in [1.807, 2.05) is 12.1 Å². The first kappa shape index (κ1) is 31.7. The molecule has 6 rings (SSSR count). The Kier molecular flexibility index (Phi) is 9.34. The van der Waals surface area contributed by atoms with Gasteiger partial charge in [0.2, 0.25) is 5.75 Å². The van der Waals surface area contributed by atoms with E-state index in [0.717, 1.165) is 48.8 Å². The number of aromatic hydroxyl groups is 3. The smallest absolute Gasteiger partial charge is 0.201 e. The molecule has 3 fully saturated rings. The van der Waals surface area contributed by atoms with Crippen LogP contribution < -0.4 is 9.72 Å². The van der Waals surface area contributed by atoms with E-state index in [2.05, 4.69) is 18.0 Å². The number of phenols is 3. The molecule has 244 valence electrons. The molecule has 2 heterocycles. The Morgan fingerprint density at radius 3 is 2.49 bits per heavy atom. The maximum Gasteiger partial charge on any atom is 0.201 e. The highest BCUT2D eigenvalue weighted by Gasteiger charge is 2.44. The number of benzene rings is 2. The van der Waals surface area contributed by atoms with Crippen molar-refractivity contribution < 1.29 is 40.1 Å². The summed E-state index contributed by atoms with van der Waals surface area (Å²) in [6.45, 7) is 1.82. The number of methoxy groups -OCH3 is 1. The number of hydrogen-bond donors (Lipinski definition) is 6. The van der Waals surface area contributed by atoms with Gasteiger partial charge in [-0.05, 0) is 85.0 Å². The third kappa shape index (κ3) is 6.03. The van der Waals surface area contributed by atoms with E-state index in [4.69, 9.17) is 9.47 Å². The lowest BCUT2D eigenvalue weighted by Gasteiger charge is -2.46. The molecule has 9 heteroatoms. The van der Waals surface area contributed by atoms with Gasteiger partial charge in [0, 0.05) is 30.1 Å². The van der Waals surface area contributed by atoms with Crippen LogP contribution >= 0.6 is 0 Å². The van der Waals surface area contributed by atoms with Gasteiger partial charge < -0.3 is 45.1 Å². The van der Waals surface area contributed by atoms with Crippen LogP contribution in [0.1, 0.15) is 103 Å². The molecule has 8 unspecified atom stereocenters. The first-order valence-corrected chi connectivity index (χ1v) is 16.3. The minimum absolute atomic E-state index is 0.0556. The molecule has 2 aromatic carbocycles. The average molecular weight is 621 g/mol. The minimum atomic E-state index is -0.652. The van der Waals surface area contributed by atoms with Crippen LogP contribution in [0, 0.1) is 17.8 Å². The fourth-order valence-corrected chi connectivity index (χ4v) is 8.46. The minimum Gasteiger partial charge on any atom is -0.670 e. The number of ether oxygens (including phenoxy) is 2. The lowest BCUT2D eigenvalue weighted by molar-refractivity contribution is -0.154. The van der Waals surface area contributed by atoms with Gasteiger partial charge in [0.1, 0.15) is 5.75 Å². The molecule has 0 spiro atoms. The van der Waals surface area contributed by atoms with E-state index in [1.54, 1.807) is 18.5 Å². The van der Waals surface area contributed by atoms with Crippen molar-refractivity contribution in [2.45, 2.75) is 95.0 Å². The van der Waals surface area contributed by atoms with Crippen LogP contribution in [0.15, 0.2) is 36.7 Å². The highest BCUT2D eigenvalue weighted by molar-refractivity contribution is 5.64. The van der Waals surface area contributed by atoms with Crippen LogP contribution in [-0.4, -0.2) is 56.6 Å². The Bertz CT molecular complexity index is 1470. The van der Waals surface area contributed by atoms with Gasteiger partial charge in [-0.25, -0.2) is 0 Å². The second-order valence-electron chi connectivity index (χ2n) is 13.5. The van der Waals surface area contributed by atoms with Gasteiger partial charge in [0.25, 0.3) is 0 Å². The number of phenolic OH excluding ortho intramolecular Hbond substituents is 2. The van der Waals surface area contributed by atoms with E-state index < -0.39 is 30.3 Å². The van der Waals surface area contributed by atoms with Crippen LogP contribution in [0.25, 0.3) is 0 Å². The second-order valence-corrected chi connectivity index (χ2v) is 13.5. The van der Waals surface area contributed by atoms with Crippen molar-refractivity contribution in [1.82, 2.24) is 4.98 Å². The first-order valence-electron chi connectivity index (χ1n) is 16.3. The molecular weight excluding hydrogens is 574 g/mol. The molecule has 1 aliphatic heterocycles. The lowest BCUT2D eigenvalue weighted by atomic mass is 9.69. The van der Waals surface area contributed by atoms with E-state index in [0.29, 0.717) is 29.9 Å². The van der Waals surface area contributed by atoms with Gasteiger partial charge in [-0.15, -0.1) is 0 Å². The normalized spacial score (nSPS) is 30.2. The van der Waals surface area contributed by atoms with Crippen molar-refractivity contribution in [2.24, 2.45) is 17.8 Å². The Morgan fingerprint density at radius 2 is 1.78 bits per heavy atom. The van der Waals surface area contributed by atoms with Crippen molar-refractivity contribution in [1.29, 1.82) is 0 Å². The van der Waals surface area contributed by atoms with Crippen LogP contribution in [0.3, 0.4) is 0 Å². The summed E-state index contributed by atoms with van der Waals surface area (Å²) < 4.78 is 12.4. The van der Waals surface area contributed by atoms with Crippen LogP contribution in [0.4, 0.5) is 0 Å². The first-order chi connectivity index (χ1) is 21.7. The summed E-state index contributed by atoms with van der Waals surface area (Å²) in [5.74, 6) is 0.367. The quantitative estimate of drug-likeness (QED) is 0.188. The Balaban J connectivity index is 1.31. The predicted octanol–water partition coefficient (Wildman–Crippen LogP) is 5.14. The molecule has 45 heavy (non-hydrogen) atoms. The summed E-state index contributed by atoms with van der Waals surface area (Å²) in [5.41, 5.74) is 4.17. The number of fused-ring (bicyclic) bond motifs is 1. The van der Waals surface area contributed by atoms with Crippen LogP contribution in [0.5, 0.6) is 23.0 Å². The van der Waals surface area contributed by atoms with Crippen molar-refractivity contribution in [3.8, 4) is 23.0 Å². The number of rotatable bonds is 8. The SMILES string of the molecule is COc1c(O)c(O)c(CO)c(C2CC(O)C3CCC(c4ccc(O)c(C5CC(C)CCC5CO)c4)CC3O2)c1Cc1cc[n-]c1. The van der Waals surface area contributed by atoms with E-state index >= 15 is 0 Å². The summed E-state index contributed by atoms with van der Waals surface area (Å²) in [7, 11) is 1.42. The van der Waals surface area contributed by atoms with Crippen LogP contribution in [-0.2, 0) is 17.8 Å². The maximum atomic E-state index is 11.4. The molecule has 2 aliphatic carbocycles. The molecule has 0 amide bonds. The number of nitrogens with zero attached hydrogens (tertiary/aromatic N) is 1. The van der Waals surface area contributed by atoms with Gasteiger partial charge in [-0.1, -0.05) is 37.1 Å². The molecular formula is C36H46NO8-. The van der Waals surface area contributed by atoms with E-state index in [-0.39, 0.29) is 59.9 Å². The van der Waals surface area contributed by atoms with Crippen molar-refractivity contribution in [3.63, 3.8) is 0 Å². The largest absolute Gasteiger partial charge is 0.670 e. The summed E-state index contributed by atoms with van der Waals surface area (Å²) in [4.78, 5) is 4.15. The molecule has 3 aliphatic rings. The zero-order valence-electron chi connectivity index (χ0n) is 26.1. The van der Waals surface area contributed by atoms with Crippen molar-refractivity contribution in [3.05, 3.63) is 70.0 Å². The van der Waals surface area contributed by atoms with Gasteiger partial charge in [-0.3, -0.25) is 0 Å². The fraction of sp³-hybridized carbons (Fsp3) is 0.556. The fourth-order valence-electron chi connectivity index (χ4n) is 8.46. The molecule has 0 bridgehead atoms. The van der Waals surface area contributed by atoms with Gasteiger partial charge in [0.05, 0.1) is 32.0 Å². The zero-order valence-corrected chi connectivity index (χ0v) is 26.1. The number of aliphatic hydroxyl groups is 3. The van der Waals surface area contributed by atoms with Gasteiger partial charge in [0.15, 0.2) is 11.5 Å². The summed E-state index contributed by atoms with van der Waals surface area (Å²) in [6.07, 6.45) is 7.73. The number of aliphatic hydroxyl groups excluding tert-OH is 3. The highest BCUT2D eigenvalue weighted by Crippen LogP contribution is 2.52. The number of hydrogen-bond acceptors (Lipinski definition) is 8. The zero-order chi connectivity index (χ0) is 31.8.